The van der Waals surface area contributed by atoms with Crippen LogP contribution in [0.2, 0.25) is 5.02 Å². The number of rotatable bonds is 5. The Morgan fingerprint density at radius 3 is 2.87 bits per heavy atom. The van der Waals surface area contributed by atoms with Gasteiger partial charge in [-0.15, -0.1) is 10.2 Å². The number of nitrogens with zero attached hydrogens (tertiary/aromatic N) is 4. The van der Waals surface area contributed by atoms with Gasteiger partial charge in [-0.3, -0.25) is 5.10 Å². The summed E-state index contributed by atoms with van der Waals surface area (Å²) in [4.78, 5) is 4.37. The quantitative estimate of drug-likeness (QED) is 0.356. The van der Waals surface area contributed by atoms with Gasteiger partial charge in [0.25, 0.3) is 0 Å². The van der Waals surface area contributed by atoms with Crippen LogP contribution in [0.25, 0.3) is 32.9 Å². The average Bonchev–Trinajstić information content (AvgIpc) is 3.50. The van der Waals surface area contributed by atoms with Gasteiger partial charge >= 0.3 is 0 Å². The molecular formula is C20H15ClN6O2S. The van der Waals surface area contributed by atoms with Gasteiger partial charge in [-0.2, -0.15) is 5.10 Å². The average molecular weight is 439 g/mol. The summed E-state index contributed by atoms with van der Waals surface area (Å²) < 4.78 is 5.51. The summed E-state index contributed by atoms with van der Waals surface area (Å²) in [7, 11) is 0. The molecule has 2 aromatic carbocycles. The molecule has 3 heterocycles. The smallest absolute Gasteiger partial charge is 0.226 e. The summed E-state index contributed by atoms with van der Waals surface area (Å²) in [5.41, 5.74) is 4.68. The van der Waals surface area contributed by atoms with Gasteiger partial charge in [0.15, 0.2) is 0 Å². The van der Waals surface area contributed by atoms with Crippen molar-refractivity contribution in [3.63, 3.8) is 0 Å². The highest BCUT2D eigenvalue weighted by atomic mass is 35.5. The van der Waals surface area contributed by atoms with Gasteiger partial charge in [0.05, 0.1) is 34.7 Å². The molecule has 0 unspecified atom stereocenters. The van der Waals surface area contributed by atoms with Crippen LogP contribution in [-0.4, -0.2) is 30.5 Å². The Kier molecular flexibility index (Phi) is 4.70. The third-order valence-electron chi connectivity index (χ3n) is 4.51. The van der Waals surface area contributed by atoms with Crippen LogP contribution in [0.4, 0.5) is 10.8 Å². The van der Waals surface area contributed by atoms with E-state index in [4.69, 9.17) is 16.0 Å². The summed E-state index contributed by atoms with van der Waals surface area (Å²) in [5.74, 6) is 0.493. The maximum absolute atomic E-state index is 9.67. The van der Waals surface area contributed by atoms with Crippen LogP contribution in [0.5, 0.6) is 0 Å². The molecule has 0 spiro atoms. The third kappa shape index (κ3) is 3.43. The molecule has 0 amide bonds. The molecule has 5 rings (SSSR count). The molecule has 0 aliphatic rings. The van der Waals surface area contributed by atoms with Crippen LogP contribution in [0.1, 0.15) is 11.3 Å². The highest BCUT2D eigenvalue weighted by Crippen LogP contribution is 2.35. The SMILES string of the molecule is Cc1coc(-c2cc(CO)cc(-c3nnc(Nc4ccc5[nH]ncc5c4Cl)s3)c2)n1. The van der Waals surface area contributed by atoms with Gasteiger partial charge < -0.3 is 14.8 Å². The molecule has 0 radical (unpaired) electrons. The third-order valence-corrected chi connectivity index (χ3v) is 5.81. The number of aliphatic hydroxyl groups is 1. The van der Waals surface area contributed by atoms with E-state index in [1.807, 2.05) is 37.3 Å². The van der Waals surface area contributed by atoms with Crippen LogP contribution in [0, 0.1) is 6.92 Å². The summed E-state index contributed by atoms with van der Waals surface area (Å²) in [6.07, 6.45) is 3.27. The molecular weight excluding hydrogens is 424 g/mol. The Morgan fingerprint density at radius 1 is 1.20 bits per heavy atom. The first kappa shape index (κ1) is 18.7. The number of oxazole rings is 1. The number of nitrogens with one attached hydrogen (secondary N) is 2. The van der Waals surface area contributed by atoms with Gasteiger partial charge in [-0.05, 0) is 42.8 Å². The molecule has 5 aromatic rings. The molecule has 3 N–H and O–H groups in total. The largest absolute Gasteiger partial charge is 0.444 e. The van der Waals surface area contributed by atoms with Crippen molar-refractivity contribution in [3.05, 3.63) is 59.1 Å². The van der Waals surface area contributed by atoms with Crippen molar-refractivity contribution in [3.8, 4) is 22.0 Å². The van der Waals surface area contributed by atoms with E-state index in [1.165, 1.54) is 11.3 Å². The van der Waals surface area contributed by atoms with Gasteiger partial charge in [-0.25, -0.2) is 4.98 Å². The van der Waals surface area contributed by atoms with Crippen molar-refractivity contribution in [2.75, 3.05) is 5.32 Å². The van der Waals surface area contributed by atoms with E-state index >= 15 is 0 Å². The van der Waals surface area contributed by atoms with Crippen molar-refractivity contribution >= 4 is 44.7 Å². The molecule has 0 saturated heterocycles. The second-order valence-corrected chi connectivity index (χ2v) is 8.02. The Morgan fingerprint density at radius 2 is 2.07 bits per heavy atom. The predicted molar refractivity (Wildman–Crippen MR) is 116 cm³/mol. The molecule has 0 saturated carbocycles. The molecule has 8 nitrogen and oxygen atoms in total. The fraction of sp³-hybridized carbons (Fsp3) is 0.100. The molecule has 0 aliphatic carbocycles. The van der Waals surface area contributed by atoms with E-state index in [2.05, 4.69) is 30.7 Å². The minimum atomic E-state index is -0.106. The minimum Gasteiger partial charge on any atom is -0.444 e. The topological polar surface area (TPSA) is 113 Å². The first-order chi connectivity index (χ1) is 14.6. The highest BCUT2D eigenvalue weighted by Gasteiger charge is 2.14. The number of aromatic amines is 1. The molecule has 0 fully saturated rings. The van der Waals surface area contributed by atoms with Crippen LogP contribution in [-0.2, 0) is 6.61 Å². The maximum Gasteiger partial charge on any atom is 0.226 e. The zero-order valence-electron chi connectivity index (χ0n) is 15.7. The van der Waals surface area contributed by atoms with Crippen molar-refractivity contribution in [2.45, 2.75) is 13.5 Å². The number of hydrogen-bond donors (Lipinski definition) is 3. The van der Waals surface area contributed by atoms with E-state index < -0.39 is 0 Å². The monoisotopic (exact) mass is 438 g/mol. The lowest BCUT2D eigenvalue weighted by Crippen LogP contribution is -1.90. The second kappa shape index (κ2) is 7.52. The lowest BCUT2D eigenvalue weighted by Gasteiger charge is -2.05. The zero-order valence-corrected chi connectivity index (χ0v) is 17.3. The lowest BCUT2D eigenvalue weighted by molar-refractivity contribution is 0.282. The van der Waals surface area contributed by atoms with Crippen LogP contribution < -0.4 is 5.32 Å². The number of benzene rings is 2. The second-order valence-electron chi connectivity index (χ2n) is 6.67. The lowest BCUT2D eigenvalue weighted by atomic mass is 10.1. The van der Waals surface area contributed by atoms with Gasteiger partial charge in [0.1, 0.15) is 11.3 Å². The normalized spacial score (nSPS) is 11.3. The summed E-state index contributed by atoms with van der Waals surface area (Å²) in [6.45, 7) is 1.75. The summed E-state index contributed by atoms with van der Waals surface area (Å²) >= 11 is 7.85. The van der Waals surface area contributed by atoms with Crippen molar-refractivity contribution in [1.29, 1.82) is 0 Å². The Labute approximate surface area is 179 Å². The number of H-pyrrole nitrogens is 1. The van der Waals surface area contributed by atoms with E-state index in [9.17, 15) is 5.11 Å². The zero-order chi connectivity index (χ0) is 20.7. The number of aromatic nitrogens is 5. The van der Waals surface area contributed by atoms with E-state index in [0.29, 0.717) is 26.7 Å². The van der Waals surface area contributed by atoms with Crippen LogP contribution in [0.3, 0.4) is 0 Å². The fourth-order valence-electron chi connectivity index (χ4n) is 3.10. The van der Waals surface area contributed by atoms with Gasteiger partial charge in [0.2, 0.25) is 11.0 Å². The Hall–Kier alpha value is -3.27. The van der Waals surface area contributed by atoms with E-state index in [-0.39, 0.29) is 6.61 Å². The first-order valence-corrected chi connectivity index (χ1v) is 10.2. The highest BCUT2D eigenvalue weighted by molar-refractivity contribution is 7.18. The molecule has 150 valence electrons. The number of anilines is 2. The van der Waals surface area contributed by atoms with Gasteiger partial charge in [0, 0.05) is 16.5 Å². The van der Waals surface area contributed by atoms with Crippen molar-refractivity contribution in [2.24, 2.45) is 0 Å². The van der Waals surface area contributed by atoms with Crippen molar-refractivity contribution < 1.29 is 9.52 Å². The molecule has 0 atom stereocenters. The number of aliphatic hydroxyl groups excluding tert-OH is 1. The fourth-order valence-corrected chi connectivity index (χ4v) is 4.11. The molecule has 30 heavy (non-hydrogen) atoms. The predicted octanol–water partition coefficient (Wildman–Crippen LogP) is 4.93. The first-order valence-electron chi connectivity index (χ1n) is 9.00. The van der Waals surface area contributed by atoms with Crippen LogP contribution in [0.15, 0.2) is 47.2 Å². The molecule has 0 aliphatic heterocycles. The number of aryl methyl sites for hydroxylation is 1. The number of halogens is 1. The molecule has 3 aromatic heterocycles. The standard InChI is InChI=1S/C20H15ClN6O2S/c1-10-9-29-18(23-10)12-4-11(8-28)5-13(6-12)19-26-27-20(30-19)24-16-3-2-15-14(17(16)21)7-22-25-15/h2-7,9,28H,8H2,1H3,(H,22,25)(H,24,27). The number of fused-ring (bicyclic) bond motifs is 1. The van der Waals surface area contributed by atoms with Gasteiger partial charge in [-0.1, -0.05) is 22.9 Å². The van der Waals surface area contributed by atoms with E-state index in [1.54, 1.807) is 12.5 Å². The summed E-state index contributed by atoms with van der Waals surface area (Å²) in [6, 6.07) is 9.38. The van der Waals surface area contributed by atoms with Crippen molar-refractivity contribution in [1.82, 2.24) is 25.4 Å². The Bertz CT molecular complexity index is 1360. The molecule has 0 bridgehead atoms. The van der Waals surface area contributed by atoms with Crippen LogP contribution >= 0.6 is 22.9 Å². The number of hydrogen-bond acceptors (Lipinski definition) is 8. The van der Waals surface area contributed by atoms with E-state index in [0.717, 1.165) is 33.3 Å². The molecule has 10 heteroatoms. The minimum absolute atomic E-state index is 0.106. The Balaban J connectivity index is 1.48. The summed E-state index contributed by atoms with van der Waals surface area (Å²) in [5, 5.41) is 31.0. The maximum atomic E-state index is 9.67.